The van der Waals surface area contributed by atoms with Crippen LogP contribution >= 0.6 is 11.6 Å². The van der Waals surface area contributed by atoms with Gasteiger partial charge in [-0.3, -0.25) is 4.98 Å². The van der Waals surface area contributed by atoms with Gasteiger partial charge in [-0.15, -0.1) is 0 Å². The van der Waals surface area contributed by atoms with Crippen molar-refractivity contribution in [2.24, 2.45) is 5.92 Å². The van der Waals surface area contributed by atoms with Crippen molar-refractivity contribution >= 4 is 11.6 Å². The molecule has 1 fully saturated rings. The Bertz CT molecular complexity index is 534. The summed E-state index contributed by atoms with van der Waals surface area (Å²) in [6, 6.07) is 3.56. The van der Waals surface area contributed by atoms with Crippen LogP contribution in [-0.2, 0) is 6.42 Å². The van der Waals surface area contributed by atoms with Crippen LogP contribution in [0.25, 0.3) is 11.5 Å². The number of hydrogen-bond donors (Lipinski definition) is 1. The molecule has 3 heterocycles. The van der Waals surface area contributed by atoms with Gasteiger partial charge in [0.25, 0.3) is 0 Å². The summed E-state index contributed by atoms with van der Waals surface area (Å²) in [7, 11) is 0. The van der Waals surface area contributed by atoms with E-state index in [1.165, 1.54) is 0 Å². The molecule has 1 saturated heterocycles. The van der Waals surface area contributed by atoms with E-state index in [-0.39, 0.29) is 0 Å². The first kappa shape index (κ1) is 12.6. The van der Waals surface area contributed by atoms with Gasteiger partial charge < -0.3 is 9.84 Å². The van der Waals surface area contributed by atoms with Crippen LogP contribution in [0, 0.1) is 5.92 Å². The van der Waals surface area contributed by atoms with Crippen LogP contribution in [0.1, 0.15) is 18.7 Å². The Labute approximate surface area is 116 Å². The molecule has 19 heavy (non-hydrogen) atoms. The molecule has 5 nitrogen and oxygen atoms in total. The topological polar surface area (TPSA) is 63.8 Å². The van der Waals surface area contributed by atoms with Crippen LogP contribution in [0.4, 0.5) is 0 Å². The van der Waals surface area contributed by atoms with E-state index in [1.54, 1.807) is 18.3 Å². The minimum atomic E-state index is 0.528. The van der Waals surface area contributed by atoms with E-state index in [0.717, 1.165) is 32.4 Å². The average Bonchev–Trinajstić information content (AvgIpc) is 2.89. The molecule has 0 radical (unpaired) electrons. The highest BCUT2D eigenvalue weighted by Gasteiger charge is 2.17. The molecule has 1 aliphatic rings. The van der Waals surface area contributed by atoms with Gasteiger partial charge >= 0.3 is 0 Å². The summed E-state index contributed by atoms with van der Waals surface area (Å²) in [4.78, 5) is 8.58. The van der Waals surface area contributed by atoms with Crippen molar-refractivity contribution in [3.05, 3.63) is 29.2 Å². The third kappa shape index (κ3) is 3.11. The van der Waals surface area contributed by atoms with E-state index >= 15 is 0 Å². The Kier molecular flexibility index (Phi) is 3.75. The summed E-state index contributed by atoms with van der Waals surface area (Å²) < 4.78 is 5.30. The van der Waals surface area contributed by atoms with Gasteiger partial charge in [-0.1, -0.05) is 16.8 Å². The Balaban J connectivity index is 1.70. The zero-order valence-corrected chi connectivity index (χ0v) is 11.2. The van der Waals surface area contributed by atoms with Crippen LogP contribution in [0.2, 0.25) is 5.02 Å². The van der Waals surface area contributed by atoms with Crippen molar-refractivity contribution in [2.75, 3.05) is 13.1 Å². The van der Waals surface area contributed by atoms with Gasteiger partial charge in [-0.2, -0.15) is 4.98 Å². The molecule has 2 aromatic rings. The van der Waals surface area contributed by atoms with E-state index in [1.807, 2.05) is 0 Å². The second kappa shape index (κ2) is 5.67. The summed E-state index contributed by atoms with van der Waals surface area (Å²) in [5, 5.41) is 7.92. The lowest BCUT2D eigenvalue weighted by atomic mass is 9.95. The number of pyridine rings is 1. The lowest BCUT2D eigenvalue weighted by Crippen LogP contribution is -2.28. The van der Waals surface area contributed by atoms with Crippen LogP contribution in [-0.4, -0.2) is 28.2 Å². The molecule has 0 unspecified atom stereocenters. The standard InChI is InChI=1S/C13H15ClN4O/c14-10-1-2-11(16-8-10)13-17-12(19-18-13)7-9-3-5-15-6-4-9/h1-2,8-9,15H,3-7H2. The molecule has 1 aliphatic heterocycles. The molecule has 0 saturated carbocycles. The van der Waals surface area contributed by atoms with Gasteiger partial charge in [0.1, 0.15) is 5.69 Å². The second-order valence-corrected chi connectivity index (χ2v) is 5.21. The van der Waals surface area contributed by atoms with Gasteiger partial charge in [0, 0.05) is 12.6 Å². The van der Waals surface area contributed by atoms with Gasteiger partial charge in [0.15, 0.2) is 0 Å². The molecule has 1 N–H and O–H groups in total. The van der Waals surface area contributed by atoms with Gasteiger partial charge in [0.05, 0.1) is 5.02 Å². The first-order valence-electron chi connectivity index (χ1n) is 6.46. The third-order valence-corrected chi connectivity index (χ3v) is 3.57. The predicted molar refractivity (Wildman–Crippen MR) is 71.8 cm³/mol. The fourth-order valence-corrected chi connectivity index (χ4v) is 2.39. The number of nitrogens with one attached hydrogen (secondary N) is 1. The zero-order chi connectivity index (χ0) is 13.1. The summed E-state index contributed by atoms with van der Waals surface area (Å²) in [5.41, 5.74) is 0.685. The number of rotatable bonds is 3. The summed E-state index contributed by atoms with van der Waals surface area (Å²) in [5.74, 6) is 1.85. The average molecular weight is 279 g/mol. The molecular formula is C13H15ClN4O. The first-order chi connectivity index (χ1) is 9.31. The van der Waals surface area contributed by atoms with Crippen LogP contribution < -0.4 is 5.32 Å². The quantitative estimate of drug-likeness (QED) is 0.933. The number of halogens is 1. The smallest absolute Gasteiger partial charge is 0.227 e. The highest BCUT2D eigenvalue weighted by molar-refractivity contribution is 6.30. The molecule has 0 aromatic carbocycles. The van der Waals surface area contributed by atoms with Gasteiger partial charge in [-0.25, -0.2) is 0 Å². The number of piperidine rings is 1. The summed E-state index contributed by atoms with van der Waals surface area (Å²) in [6.07, 6.45) is 4.76. The van der Waals surface area contributed by atoms with Crippen LogP contribution in [0.5, 0.6) is 0 Å². The molecule has 0 atom stereocenters. The molecule has 0 bridgehead atoms. The normalized spacial score (nSPS) is 16.7. The van der Waals surface area contributed by atoms with E-state index in [9.17, 15) is 0 Å². The van der Waals surface area contributed by atoms with Crippen molar-refractivity contribution in [3.8, 4) is 11.5 Å². The van der Waals surface area contributed by atoms with Crippen molar-refractivity contribution in [1.29, 1.82) is 0 Å². The van der Waals surface area contributed by atoms with Gasteiger partial charge in [0.2, 0.25) is 11.7 Å². The van der Waals surface area contributed by atoms with E-state index < -0.39 is 0 Å². The summed E-state index contributed by atoms with van der Waals surface area (Å²) in [6.45, 7) is 2.15. The molecule has 0 spiro atoms. The molecule has 2 aromatic heterocycles. The maximum atomic E-state index is 5.80. The highest BCUT2D eigenvalue weighted by Crippen LogP contribution is 2.20. The third-order valence-electron chi connectivity index (χ3n) is 3.35. The molecule has 0 amide bonds. The number of nitrogens with zero attached hydrogens (tertiary/aromatic N) is 3. The van der Waals surface area contributed by atoms with Crippen LogP contribution in [0.3, 0.4) is 0 Å². The molecule has 3 rings (SSSR count). The van der Waals surface area contributed by atoms with Crippen molar-refractivity contribution in [1.82, 2.24) is 20.4 Å². The second-order valence-electron chi connectivity index (χ2n) is 4.77. The van der Waals surface area contributed by atoms with E-state index in [0.29, 0.717) is 28.3 Å². The van der Waals surface area contributed by atoms with Crippen molar-refractivity contribution < 1.29 is 4.52 Å². The predicted octanol–water partition coefficient (Wildman–Crippen LogP) is 2.33. The Hall–Kier alpha value is -1.46. The fourth-order valence-electron chi connectivity index (χ4n) is 2.28. The minimum Gasteiger partial charge on any atom is -0.339 e. The SMILES string of the molecule is Clc1ccc(-c2noc(CC3CCNCC3)n2)nc1. The Morgan fingerprint density at radius 2 is 2.16 bits per heavy atom. The van der Waals surface area contributed by atoms with Gasteiger partial charge in [-0.05, 0) is 44.0 Å². The molecule has 0 aliphatic carbocycles. The highest BCUT2D eigenvalue weighted by atomic mass is 35.5. The zero-order valence-electron chi connectivity index (χ0n) is 10.5. The minimum absolute atomic E-state index is 0.528. The maximum Gasteiger partial charge on any atom is 0.227 e. The van der Waals surface area contributed by atoms with E-state index in [2.05, 4.69) is 20.4 Å². The van der Waals surface area contributed by atoms with Crippen LogP contribution in [0.15, 0.2) is 22.9 Å². The number of aromatic nitrogens is 3. The Morgan fingerprint density at radius 3 is 2.89 bits per heavy atom. The molecular weight excluding hydrogens is 264 g/mol. The lowest BCUT2D eigenvalue weighted by Gasteiger charge is -2.20. The van der Waals surface area contributed by atoms with Crippen molar-refractivity contribution in [2.45, 2.75) is 19.3 Å². The maximum absolute atomic E-state index is 5.80. The van der Waals surface area contributed by atoms with E-state index in [4.69, 9.17) is 16.1 Å². The fraction of sp³-hybridized carbons (Fsp3) is 0.462. The summed E-state index contributed by atoms with van der Waals surface area (Å²) >= 11 is 5.80. The first-order valence-corrected chi connectivity index (χ1v) is 6.84. The molecule has 100 valence electrons. The monoisotopic (exact) mass is 278 g/mol. The molecule has 6 heteroatoms. The largest absolute Gasteiger partial charge is 0.339 e. The van der Waals surface area contributed by atoms with Crippen molar-refractivity contribution in [3.63, 3.8) is 0 Å². The lowest BCUT2D eigenvalue weighted by molar-refractivity contribution is 0.313. The number of hydrogen-bond acceptors (Lipinski definition) is 5. The Morgan fingerprint density at radius 1 is 1.32 bits per heavy atom.